The Labute approximate surface area is 679 Å². The van der Waals surface area contributed by atoms with Crippen molar-refractivity contribution in [2.24, 2.45) is 59.2 Å². The van der Waals surface area contributed by atoms with E-state index in [-0.39, 0.29) is 228 Å². The summed E-state index contributed by atoms with van der Waals surface area (Å²) in [6, 6.07) is 8.74. The molecule has 3 saturated carbocycles. The van der Waals surface area contributed by atoms with E-state index in [2.05, 4.69) is 75.1 Å². The van der Waals surface area contributed by atoms with Gasteiger partial charge in [0.1, 0.15) is 35.3 Å². The summed E-state index contributed by atoms with van der Waals surface area (Å²) in [7, 11) is 0. The Bertz CT molecular complexity index is 2930. The fraction of sp³-hybridized carbons (Fsp3) is 0.793. The number of hydrogen-bond donors (Lipinski definition) is 5. The third kappa shape index (κ3) is 41.4. The Hall–Kier alpha value is -6.78. The van der Waals surface area contributed by atoms with E-state index in [0.717, 1.165) is 24.8 Å². The maximum Gasteiger partial charge on any atom is 0.408 e. The molecule has 0 radical (unpaired) electrons. The number of ether oxygens (including phenoxy) is 10. The van der Waals surface area contributed by atoms with Crippen LogP contribution < -0.4 is 26.6 Å². The second-order valence-corrected chi connectivity index (χ2v) is 32.7. The highest BCUT2D eigenvalue weighted by atomic mass is 16.6. The van der Waals surface area contributed by atoms with Crippen LogP contribution >= 0.6 is 0 Å². The number of unbranched alkanes of at least 4 members (excludes halogenated alkanes) is 7. The minimum atomic E-state index is -1.43. The Kier molecular flexibility index (Phi) is 49.4. The zero-order valence-electron chi connectivity index (χ0n) is 71.0. The fourth-order valence-corrected chi connectivity index (χ4v) is 15.6. The van der Waals surface area contributed by atoms with Gasteiger partial charge in [0.25, 0.3) is 0 Å². The van der Waals surface area contributed by atoms with Crippen LogP contribution in [0.25, 0.3) is 0 Å². The molecular weight excluding hydrogens is 1470 g/mol. The topological polar surface area (TPSA) is 357 Å². The summed E-state index contributed by atoms with van der Waals surface area (Å²) in [5.41, 5.74) is -0.686. The van der Waals surface area contributed by atoms with Gasteiger partial charge in [-0.25, -0.2) is 4.79 Å². The van der Waals surface area contributed by atoms with E-state index in [1.165, 1.54) is 34.6 Å². The zero-order chi connectivity index (χ0) is 83.8. The summed E-state index contributed by atoms with van der Waals surface area (Å²) in [5.74, 6) is 0.808. The van der Waals surface area contributed by atoms with Gasteiger partial charge in [0, 0.05) is 132 Å². The van der Waals surface area contributed by atoms with E-state index in [1.807, 2.05) is 30.3 Å². The Balaban J connectivity index is 1.25. The van der Waals surface area contributed by atoms with Gasteiger partial charge >= 0.3 is 24.0 Å². The molecule has 3 fully saturated rings. The lowest BCUT2D eigenvalue weighted by molar-refractivity contribution is -0.146. The first-order valence-electron chi connectivity index (χ1n) is 42.6. The van der Waals surface area contributed by atoms with Crippen molar-refractivity contribution in [1.29, 1.82) is 0 Å². The van der Waals surface area contributed by atoms with E-state index in [0.29, 0.717) is 173 Å². The van der Waals surface area contributed by atoms with Gasteiger partial charge in [-0.05, 0) is 155 Å². The molecule has 648 valence electrons. The van der Waals surface area contributed by atoms with Crippen molar-refractivity contribution in [3.8, 4) is 0 Å². The van der Waals surface area contributed by atoms with E-state index in [1.54, 1.807) is 0 Å². The molecule has 114 heavy (non-hydrogen) atoms. The van der Waals surface area contributed by atoms with Gasteiger partial charge in [-0.3, -0.25) is 52.7 Å². The zero-order valence-corrected chi connectivity index (χ0v) is 71.0. The molecule has 0 aliphatic heterocycles. The number of hydrogen-bond acceptors (Lipinski definition) is 22. The molecule has 1 aromatic rings. The number of carbonyl (C=O) groups is 12. The van der Waals surface area contributed by atoms with Gasteiger partial charge in [0.2, 0.25) is 23.6 Å². The average Bonchev–Trinajstić information content (AvgIpc) is 0.802. The summed E-state index contributed by atoms with van der Waals surface area (Å²) >= 11 is 0. The van der Waals surface area contributed by atoms with Crippen LogP contribution in [-0.2, 0) is 107 Å². The van der Waals surface area contributed by atoms with Crippen LogP contribution in [0.4, 0.5) is 4.79 Å². The molecule has 3 aliphatic rings. The highest BCUT2D eigenvalue weighted by Crippen LogP contribution is 2.41. The van der Waals surface area contributed by atoms with E-state index in [4.69, 9.17) is 47.4 Å². The number of benzene rings is 1. The molecular formula is C87H143N5O22. The van der Waals surface area contributed by atoms with Crippen molar-refractivity contribution in [3.05, 3.63) is 35.9 Å². The standard InChI is InChI=1S/C87H143N5O22/c1-59-60(2)72(53-111-68(10)95)49-79(63(59)5)108-43-25-22-35-75(98)31-18-14-20-33-77(100)38-46-105-56-87(92-86(104)114-52-71-29-16-13-17-30-71,57-106-47-39-78(101)34-21-15-19-32-76(99)36-23-26-44-109-80-50-73(54-112-69(11)96)61(3)64(6)84(80)90-66(8)93)58-107-48-40-83(103)89-42-28-41-88-82(102)37-24-27-45-110-81-51-74(55-113-70(12)97)62(4)65(7)85(81)91-67(9)94/h13,16-17,29-30,59-65,72-74,79-81,84-85H,14-15,18-28,31-58H2,1-12H3,(H,88,102)(H,89,103)(H,90,93)(H,91,94)(H,92,104)/t59-,60+,61+,62+,63?,64-,65-,72?,73?,74?,79+,80+,81+,84?,85?,87?/m0/s1. The number of carbonyl (C=O) groups excluding carboxylic acids is 12. The molecule has 0 bridgehead atoms. The molecule has 5 N–H and O–H groups in total. The summed E-state index contributed by atoms with van der Waals surface area (Å²) in [6.07, 6.45) is 11.9. The second kappa shape index (κ2) is 56.5. The molecule has 27 heteroatoms. The first-order chi connectivity index (χ1) is 54.5. The highest BCUT2D eigenvalue weighted by Gasteiger charge is 2.44. The maximum atomic E-state index is 13.7. The van der Waals surface area contributed by atoms with Crippen LogP contribution in [0.3, 0.4) is 0 Å². The average molecular weight is 1610 g/mol. The predicted molar refractivity (Wildman–Crippen MR) is 430 cm³/mol. The SMILES string of the molecule is CC(=O)NC1[C@@H](C)[C@@H](C)C(COC(C)=O)C[C@H]1OCCCCC(=O)CCCCCC(=O)CCOCC(COCCC(=O)CCCCCC(=O)CCCCO[C@@H]1CC(COC(C)=O)[C@H](C)[C@H](C)C1C)(COCCC(=O)NCCCNC(=O)CCCCO[C@@H]1CC(COC(C)=O)[C@H](C)[C@H](C)C1NC(C)=O)NC(=O)OCc1ccccc1. The molecule has 0 saturated heterocycles. The van der Waals surface area contributed by atoms with E-state index in [9.17, 15) is 57.5 Å². The van der Waals surface area contributed by atoms with Crippen molar-refractivity contribution in [2.75, 3.05) is 92.4 Å². The number of Topliss-reactive ketones (excluding diaryl/α,β-unsaturated/α-hetero) is 4. The Morgan fingerprint density at radius 2 is 0.711 bits per heavy atom. The van der Waals surface area contributed by atoms with Gasteiger partial charge < -0.3 is 74.0 Å². The number of rotatable bonds is 60. The number of esters is 3. The number of amides is 5. The highest BCUT2D eigenvalue weighted by molar-refractivity contribution is 5.80. The molecule has 1 aromatic carbocycles. The largest absolute Gasteiger partial charge is 0.466 e. The molecule has 0 aromatic heterocycles. The van der Waals surface area contributed by atoms with Crippen LogP contribution in [0.5, 0.6) is 0 Å². The normalized spacial score (nSPS) is 23.9. The molecule has 5 amide bonds. The summed E-state index contributed by atoms with van der Waals surface area (Å²) in [4.78, 5) is 151. The van der Waals surface area contributed by atoms with Crippen molar-refractivity contribution in [1.82, 2.24) is 26.6 Å². The molecule has 4 rings (SSSR count). The number of nitrogens with one attached hydrogen (secondary N) is 5. The lowest BCUT2D eigenvalue weighted by Crippen LogP contribution is -2.58. The minimum Gasteiger partial charge on any atom is -0.466 e. The van der Waals surface area contributed by atoms with Crippen LogP contribution in [0.15, 0.2) is 30.3 Å². The van der Waals surface area contributed by atoms with Gasteiger partial charge in [-0.15, -0.1) is 0 Å². The lowest BCUT2D eigenvalue weighted by atomic mass is 9.67. The number of alkyl carbamates (subject to hydrolysis) is 1. The summed E-state index contributed by atoms with van der Waals surface area (Å²) in [6.45, 7) is 24.4. The first kappa shape index (κ1) is 99.6. The fourth-order valence-electron chi connectivity index (χ4n) is 15.6. The maximum absolute atomic E-state index is 13.7. The molecule has 0 heterocycles. The molecule has 0 spiro atoms. The van der Waals surface area contributed by atoms with Crippen molar-refractivity contribution < 1.29 is 105 Å². The smallest absolute Gasteiger partial charge is 0.408 e. The van der Waals surface area contributed by atoms with Crippen LogP contribution in [0.2, 0.25) is 0 Å². The molecule has 7 unspecified atom stereocenters. The second-order valence-electron chi connectivity index (χ2n) is 32.7. The minimum absolute atomic E-state index is 0.00170. The van der Waals surface area contributed by atoms with Crippen LogP contribution in [0, 0.1) is 59.2 Å². The van der Waals surface area contributed by atoms with Crippen molar-refractivity contribution in [3.63, 3.8) is 0 Å². The third-order valence-corrected chi connectivity index (χ3v) is 23.5. The third-order valence-electron chi connectivity index (χ3n) is 23.5. The van der Waals surface area contributed by atoms with Crippen molar-refractivity contribution >= 4 is 70.8 Å². The summed E-state index contributed by atoms with van der Waals surface area (Å²) < 4.78 is 59.1. The van der Waals surface area contributed by atoms with Gasteiger partial charge in [-0.1, -0.05) is 91.6 Å². The Morgan fingerprint density at radius 1 is 0.360 bits per heavy atom. The number of ketones is 4. The van der Waals surface area contributed by atoms with Crippen LogP contribution in [0.1, 0.15) is 256 Å². The predicted octanol–water partition coefficient (Wildman–Crippen LogP) is 11.5. The lowest BCUT2D eigenvalue weighted by Gasteiger charge is -2.44. The quantitative estimate of drug-likeness (QED) is 0.0230. The van der Waals surface area contributed by atoms with E-state index >= 15 is 0 Å². The summed E-state index contributed by atoms with van der Waals surface area (Å²) in [5, 5.41) is 14.8. The molecule has 27 nitrogen and oxygen atoms in total. The van der Waals surface area contributed by atoms with Gasteiger partial charge in [0.05, 0.1) is 89.9 Å². The molecule has 3 aliphatic carbocycles. The van der Waals surface area contributed by atoms with Crippen LogP contribution in [-0.4, -0.2) is 199 Å². The van der Waals surface area contributed by atoms with Gasteiger partial charge in [0.15, 0.2) is 0 Å². The first-order valence-corrected chi connectivity index (χ1v) is 42.6. The van der Waals surface area contributed by atoms with E-state index < -0.39 is 11.6 Å². The monoisotopic (exact) mass is 1610 g/mol. The molecule has 16 atom stereocenters. The Morgan fingerprint density at radius 3 is 1.11 bits per heavy atom. The van der Waals surface area contributed by atoms with Gasteiger partial charge in [-0.2, -0.15) is 0 Å². The van der Waals surface area contributed by atoms with Crippen molar-refractivity contribution in [2.45, 2.75) is 293 Å².